The molecule has 1 aromatic rings. The minimum Gasteiger partial charge on any atom is -0.467 e. The van der Waals surface area contributed by atoms with E-state index in [1.165, 1.54) is 7.11 Å². The lowest BCUT2D eigenvalue weighted by atomic mass is 9.99. The summed E-state index contributed by atoms with van der Waals surface area (Å²) in [7, 11) is 1.41. The molecule has 98 valence electrons. The molecule has 1 saturated heterocycles. The van der Waals surface area contributed by atoms with Crippen molar-refractivity contribution in [3.63, 3.8) is 0 Å². The highest BCUT2D eigenvalue weighted by Gasteiger charge is 2.32. The van der Waals surface area contributed by atoms with Crippen molar-refractivity contribution < 1.29 is 14.3 Å². The van der Waals surface area contributed by atoms with Gasteiger partial charge in [-0.25, -0.2) is 4.79 Å². The summed E-state index contributed by atoms with van der Waals surface area (Å²) < 4.78 is 11.1. The van der Waals surface area contributed by atoms with Crippen LogP contribution in [0, 0.1) is 5.92 Å². The number of carbonyl (C=O) groups is 1. The molecule has 2 atom stereocenters. The van der Waals surface area contributed by atoms with Crippen molar-refractivity contribution in [3.8, 4) is 0 Å². The normalized spacial score (nSPS) is 20.4. The lowest BCUT2D eigenvalue weighted by Gasteiger charge is -2.22. The molecule has 1 aromatic carbocycles. The first-order chi connectivity index (χ1) is 8.72. The van der Waals surface area contributed by atoms with E-state index in [1.807, 2.05) is 24.3 Å². The SMILES string of the molecule is COC(=O)C(Nc1ccccc1Br)C1CCOC1. The number of hydrogen-bond donors (Lipinski definition) is 1. The van der Waals surface area contributed by atoms with Gasteiger partial charge in [0.15, 0.2) is 0 Å². The second-order valence-electron chi connectivity index (χ2n) is 4.25. The Labute approximate surface area is 115 Å². The first-order valence-electron chi connectivity index (χ1n) is 5.89. The molecule has 18 heavy (non-hydrogen) atoms. The zero-order chi connectivity index (χ0) is 13.0. The maximum atomic E-state index is 11.9. The summed E-state index contributed by atoms with van der Waals surface area (Å²) >= 11 is 3.46. The molecule has 1 fully saturated rings. The van der Waals surface area contributed by atoms with Crippen molar-refractivity contribution in [1.82, 2.24) is 0 Å². The van der Waals surface area contributed by atoms with Crippen LogP contribution in [-0.4, -0.2) is 32.3 Å². The molecule has 1 aliphatic rings. The summed E-state index contributed by atoms with van der Waals surface area (Å²) in [6, 6.07) is 7.35. The fourth-order valence-corrected chi connectivity index (χ4v) is 2.46. The zero-order valence-electron chi connectivity index (χ0n) is 10.2. The van der Waals surface area contributed by atoms with Crippen LogP contribution in [0.4, 0.5) is 5.69 Å². The lowest BCUT2D eigenvalue weighted by molar-refractivity contribution is -0.142. The summed E-state index contributed by atoms with van der Waals surface area (Å²) in [6.45, 7) is 1.30. The quantitative estimate of drug-likeness (QED) is 0.867. The molecule has 0 aromatic heterocycles. The van der Waals surface area contributed by atoms with E-state index in [-0.39, 0.29) is 17.9 Å². The molecule has 1 heterocycles. The molecule has 0 saturated carbocycles. The van der Waals surface area contributed by atoms with Crippen molar-refractivity contribution in [2.45, 2.75) is 12.5 Å². The summed E-state index contributed by atoms with van der Waals surface area (Å²) in [5.41, 5.74) is 0.889. The van der Waals surface area contributed by atoms with E-state index in [1.54, 1.807) is 0 Å². The number of esters is 1. The second kappa shape index (κ2) is 6.20. The average Bonchev–Trinajstić information content (AvgIpc) is 2.90. The van der Waals surface area contributed by atoms with Crippen molar-refractivity contribution in [2.24, 2.45) is 5.92 Å². The Bertz CT molecular complexity index is 418. The van der Waals surface area contributed by atoms with Gasteiger partial charge in [0.05, 0.1) is 13.7 Å². The molecule has 1 aliphatic heterocycles. The van der Waals surface area contributed by atoms with Gasteiger partial charge in [-0.15, -0.1) is 0 Å². The van der Waals surface area contributed by atoms with E-state index in [2.05, 4.69) is 21.2 Å². The van der Waals surface area contributed by atoms with Gasteiger partial charge in [-0.1, -0.05) is 12.1 Å². The maximum absolute atomic E-state index is 11.9. The predicted octanol–water partition coefficient (Wildman–Crippen LogP) is 2.44. The highest BCUT2D eigenvalue weighted by molar-refractivity contribution is 9.10. The molecule has 5 heteroatoms. The van der Waals surface area contributed by atoms with E-state index in [0.29, 0.717) is 13.2 Å². The number of nitrogens with one attached hydrogen (secondary N) is 1. The third-order valence-electron chi connectivity index (χ3n) is 3.08. The smallest absolute Gasteiger partial charge is 0.328 e. The number of carbonyl (C=O) groups excluding carboxylic acids is 1. The minimum absolute atomic E-state index is 0.157. The Morgan fingerprint density at radius 2 is 2.33 bits per heavy atom. The largest absolute Gasteiger partial charge is 0.467 e. The summed E-state index contributed by atoms with van der Waals surface area (Å²) in [5, 5.41) is 3.24. The average molecular weight is 314 g/mol. The van der Waals surface area contributed by atoms with Crippen LogP contribution < -0.4 is 5.32 Å². The van der Waals surface area contributed by atoms with E-state index in [9.17, 15) is 4.79 Å². The number of rotatable bonds is 4. The van der Waals surface area contributed by atoms with Crippen LogP contribution in [0.1, 0.15) is 6.42 Å². The third kappa shape index (κ3) is 3.03. The second-order valence-corrected chi connectivity index (χ2v) is 5.10. The van der Waals surface area contributed by atoms with Gasteiger partial charge in [0.25, 0.3) is 0 Å². The number of halogens is 1. The molecular formula is C13H16BrNO3. The number of methoxy groups -OCH3 is 1. The van der Waals surface area contributed by atoms with E-state index in [0.717, 1.165) is 16.6 Å². The Balaban J connectivity index is 2.14. The molecule has 0 aliphatic carbocycles. The van der Waals surface area contributed by atoms with Gasteiger partial charge in [-0.05, 0) is 34.5 Å². The third-order valence-corrected chi connectivity index (χ3v) is 3.77. The summed E-state index contributed by atoms with van der Waals surface area (Å²) in [5.74, 6) is -0.0918. The fourth-order valence-electron chi connectivity index (χ4n) is 2.06. The first kappa shape index (κ1) is 13.4. The molecule has 2 rings (SSSR count). The van der Waals surface area contributed by atoms with E-state index >= 15 is 0 Å². The van der Waals surface area contributed by atoms with Crippen LogP contribution in [0.3, 0.4) is 0 Å². The minimum atomic E-state index is -0.365. The molecule has 2 unspecified atom stereocenters. The zero-order valence-corrected chi connectivity index (χ0v) is 11.8. The summed E-state index contributed by atoms with van der Waals surface area (Å²) in [6.07, 6.45) is 0.872. The van der Waals surface area contributed by atoms with Crippen molar-refractivity contribution in [2.75, 3.05) is 25.6 Å². The summed E-state index contributed by atoms with van der Waals surface area (Å²) in [4.78, 5) is 11.9. The lowest BCUT2D eigenvalue weighted by Crippen LogP contribution is -2.38. The number of para-hydroxylation sites is 1. The number of hydrogen-bond acceptors (Lipinski definition) is 4. The maximum Gasteiger partial charge on any atom is 0.328 e. The standard InChI is InChI=1S/C13H16BrNO3/c1-17-13(16)12(9-6-7-18-8-9)15-11-5-3-2-4-10(11)14/h2-5,9,12,15H,6-8H2,1H3. The Morgan fingerprint density at radius 3 is 2.94 bits per heavy atom. The van der Waals surface area contributed by atoms with Crippen molar-refractivity contribution in [3.05, 3.63) is 28.7 Å². The van der Waals surface area contributed by atoms with Gasteiger partial charge in [-0.3, -0.25) is 0 Å². The fraction of sp³-hybridized carbons (Fsp3) is 0.462. The van der Waals surface area contributed by atoms with Gasteiger partial charge in [-0.2, -0.15) is 0 Å². The van der Waals surface area contributed by atoms with Crippen LogP contribution in [0.2, 0.25) is 0 Å². The van der Waals surface area contributed by atoms with E-state index in [4.69, 9.17) is 9.47 Å². The van der Waals surface area contributed by atoms with Crippen LogP contribution in [0.5, 0.6) is 0 Å². The molecule has 0 radical (unpaired) electrons. The molecule has 0 amide bonds. The number of ether oxygens (including phenoxy) is 2. The van der Waals surface area contributed by atoms with Gasteiger partial charge in [0.1, 0.15) is 6.04 Å². The van der Waals surface area contributed by atoms with Crippen LogP contribution >= 0.6 is 15.9 Å². The topological polar surface area (TPSA) is 47.6 Å². The van der Waals surface area contributed by atoms with Crippen LogP contribution in [-0.2, 0) is 14.3 Å². The van der Waals surface area contributed by atoms with Crippen LogP contribution in [0.15, 0.2) is 28.7 Å². The van der Waals surface area contributed by atoms with Gasteiger partial charge < -0.3 is 14.8 Å². The highest BCUT2D eigenvalue weighted by Crippen LogP contribution is 2.26. The first-order valence-corrected chi connectivity index (χ1v) is 6.68. The molecular weight excluding hydrogens is 298 g/mol. The van der Waals surface area contributed by atoms with Crippen molar-refractivity contribution >= 4 is 27.6 Å². The Kier molecular flexibility index (Phi) is 4.60. The van der Waals surface area contributed by atoms with E-state index < -0.39 is 0 Å². The molecule has 0 bridgehead atoms. The van der Waals surface area contributed by atoms with Gasteiger partial charge in [0.2, 0.25) is 0 Å². The Hall–Kier alpha value is -1.07. The number of anilines is 1. The van der Waals surface area contributed by atoms with Crippen LogP contribution in [0.25, 0.3) is 0 Å². The number of benzene rings is 1. The monoisotopic (exact) mass is 313 g/mol. The molecule has 1 N–H and O–H groups in total. The highest BCUT2D eigenvalue weighted by atomic mass is 79.9. The predicted molar refractivity (Wildman–Crippen MR) is 72.5 cm³/mol. The van der Waals surface area contributed by atoms with Gasteiger partial charge >= 0.3 is 5.97 Å². The Morgan fingerprint density at radius 1 is 1.56 bits per heavy atom. The molecule has 0 spiro atoms. The molecule has 4 nitrogen and oxygen atoms in total. The van der Waals surface area contributed by atoms with Gasteiger partial charge in [0, 0.05) is 22.7 Å². The van der Waals surface area contributed by atoms with Crippen molar-refractivity contribution in [1.29, 1.82) is 0 Å².